The van der Waals surface area contributed by atoms with Crippen LogP contribution < -0.4 is 0 Å². The van der Waals surface area contributed by atoms with Crippen molar-refractivity contribution in [2.24, 2.45) is 0 Å². The van der Waals surface area contributed by atoms with E-state index in [2.05, 4.69) is 4.98 Å². The lowest BCUT2D eigenvalue weighted by Gasteiger charge is -2.01. The lowest BCUT2D eigenvalue weighted by Crippen LogP contribution is -2.04. The van der Waals surface area contributed by atoms with Gasteiger partial charge in [-0.25, -0.2) is 13.4 Å². The second-order valence-corrected chi connectivity index (χ2v) is 7.89. The molecule has 0 bridgehead atoms. The van der Waals surface area contributed by atoms with Crippen LogP contribution in [0.1, 0.15) is 11.1 Å². The predicted octanol–water partition coefficient (Wildman–Crippen LogP) is 3.58. The molecule has 3 nitrogen and oxygen atoms in total. The first-order valence-electron chi connectivity index (χ1n) is 6.18. The minimum absolute atomic E-state index is 0.00684. The molecule has 2 aromatic carbocycles. The van der Waals surface area contributed by atoms with Crippen LogP contribution >= 0.6 is 11.3 Å². The van der Waals surface area contributed by atoms with Crippen LogP contribution in [-0.4, -0.2) is 13.4 Å². The standard InChI is InChI=1S/C15H13NO2S2/c1-11-6-8-12(9-7-11)10-20(17,18)15-16-13-4-2-3-5-14(13)19-15/h2-9H,10H2,1H3. The summed E-state index contributed by atoms with van der Waals surface area (Å²) in [5, 5.41) is 0. The van der Waals surface area contributed by atoms with Gasteiger partial charge in [-0.05, 0) is 24.6 Å². The highest BCUT2D eigenvalue weighted by molar-refractivity contribution is 7.92. The number of para-hydroxylation sites is 1. The smallest absolute Gasteiger partial charge is 0.210 e. The van der Waals surface area contributed by atoms with E-state index in [1.807, 2.05) is 55.5 Å². The number of aromatic nitrogens is 1. The zero-order chi connectivity index (χ0) is 14.2. The van der Waals surface area contributed by atoms with Crippen LogP contribution in [0.2, 0.25) is 0 Å². The Kier molecular flexibility index (Phi) is 3.31. The molecule has 0 atom stereocenters. The Morgan fingerprint density at radius 1 is 1.05 bits per heavy atom. The summed E-state index contributed by atoms with van der Waals surface area (Å²) in [5.74, 6) is -0.00684. The van der Waals surface area contributed by atoms with Crippen molar-refractivity contribution >= 4 is 31.4 Å². The first-order valence-corrected chi connectivity index (χ1v) is 8.65. The highest BCUT2D eigenvalue weighted by Crippen LogP contribution is 2.27. The molecule has 20 heavy (non-hydrogen) atoms. The molecule has 1 heterocycles. The molecule has 0 unspecified atom stereocenters. The highest BCUT2D eigenvalue weighted by Gasteiger charge is 2.20. The van der Waals surface area contributed by atoms with Gasteiger partial charge in [-0.15, -0.1) is 11.3 Å². The van der Waals surface area contributed by atoms with Crippen molar-refractivity contribution in [1.29, 1.82) is 0 Å². The molecule has 0 fully saturated rings. The van der Waals surface area contributed by atoms with Crippen LogP contribution in [0.25, 0.3) is 10.2 Å². The molecule has 1 aromatic heterocycles. The number of rotatable bonds is 3. The molecule has 0 aliphatic carbocycles. The van der Waals surface area contributed by atoms with Crippen LogP contribution in [-0.2, 0) is 15.6 Å². The van der Waals surface area contributed by atoms with E-state index in [1.54, 1.807) is 0 Å². The first-order chi connectivity index (χ1) is 9.54. The number of sulfone groups is 1. The molecular formula is C15H13NO2S2. The lowest BCUT2D eigenvalue weighted by molar-refractivity contribution is 0.594. The average molecular weight is 303 g/mol. The van der Waals surface area contributed by atoms with Gasteiger partial charge in [0, 0.05) is 0 Å². The Morgan fingerprint density at radius 3 is 2.45 bits per heavy atom. The van der Waals surface area contributed by atoms with E-state index in [0.29, 0.717) is 0 Å². The van der Waals surface area contributed by atoms with Crippen molar-refractivity contribution in [1.82, 2.24) is 4.98 Å². The van der Waals surface area contributed by atoms with Crippen LogP contribution in [0.4, 0.5) is 0 Å². The number of hydrogen-bond donors (Lipinski definition) is 0. The fourth-order valence-corrected chi connectivity index (χ4v) is 4.59. The summed E-state index contributed by atoms with van der Waals surface area (Å²) in [6.45, 7) is 1.98. The minimum Gasteiger partial charge on any atom is -0.225 e. The number of benzene rings is 2. The maximum absolute atomic E-state index is 12.4. The number of aryl methyl sites for hydroxylation is 1. The summed E-state index contributed by atoms with van der Waals surface area (Å²) >= 11 is 1.23. The van der Waals surface area contributed by atoms with Gasteiger partial charge >= 0.3 is 0 Å². The Hall–Kier alpha value is -1.72. The Bertz CT molecular complexity index is 816. The molecule has 3 aromatic rings. The topological polar surface area (TPSA) is 47.0 Å². The van der Waals surface area contributed by atoms with Gasteiger partial charge in [0.25, 0.3) is 0 Å². The van der Waals surface area contributed by atoms with Gasteiger partial charge in [0.15, 0.2) is 0 Å². The minimum atomic E-state index is -3.38. The van der Waals surface area contributed by atoms with E-state index < -0.39 is 9.84 Å². The summed E-state index contributed by atoms with van der Waals surface area (Å²) < 4.78 is 25.9. The van der Waals surface area contributed by atoms with Crippen molar-refractivity contribution in [2.45, 2.75) is 17.0 Å². The van der Waals surface area contributed by atoms with Gasteiger partial charge in [-0.2, -0.15) is 0 Å². The monoisotopic (exact) mass is 303 g/mol. The zero-order valence-corrected chi connectivity index (χ0v) is 12.5. The van der Waals surface area contributed by atoms with Gasteiger partial charge in [0.05, 0.1) is 16.0 Å². The Labute approximate surface area is 121 Å². The zero-order valence-electron chi connectivity index (χ0n) is 10.9. The van der Waals surface area contributed by atoms with Gasteiger partial charge in [0.2, 0.25) is 14.2 Å². The van der Waals surface area contributed by atoms with Crippen LogP contribution in [0.15, 0.2) is 52.9 Å². The molecule has 0 aliphatic heterocycles. The molecule has 5 heteroatoms. The fourth-order valence-electron chi connectivity index (χ4n) is 1.95. The molecule has 0 amide bonds. The second-order valence-electron chi connectivity index (χ2n) is 4.69. The predicted molar refractivity (Wildman–Crippen MR) is 81.7 cm³/mol. The Morgan fingerprint density at radius 2 is 1.75 bits per heavy atom. The van der Waals surface area contributed by atoms with E-state index in [0.717, 1.165) is 21.3 Å². The molecule has 102 valence electrons. The van der Waals surface area contributed by atoms with Crippen LogP contribution in [0, 0.1) is 6.92 Å². The lowest BCUT2D eigenvalue weighted by atomic mass is 10.2. The molecule has 0 spiro atoms. The van der Waals surface area contributed by atoms with E-state index >= 15 is 0 Å². The van der Waals surface area contributed by atoms with Crippen molar-refractivity contribution in [3.05, 3.63) is 59.7 Å². The van der Waals surface area contributed by atoms with E-state index in [-0.39, 0.29) is 10.1 Å². The number of nitrogens with zero attached hydrogens (tertiary/aromatic N) is 1. The van der Waals surface area contributed by atoms with Crippen molar-refractivity contribution < 1.29 is 8.42 Å². The van der Waals surface area contributed by atoms with Crippen molar-refractivity contribution in [3.8, 4) is 0 Å². The van der Waals surface area contributed by atoms with Crippen LogP contribution in [0.5, 0.6) is 0 Å². The summed E-state index contributed by atoms with van der Waals surface area (Å²) in [4.78, 5) is 4.23. The number of hydrogen-bond acceptors (Lipinski definition) is 4. The molecule has 0 saturated heterocycles. The molecule has 0 aliphatic rings. The van der Waals surface area contributed by atoms with Crippen molar-refractivity contribution in [3.63, 3.8) is 0 Å². The van der Waals surface area contributed by atoms with Gasteiger partial charge in [-0.3, -0.25) is 0 Å². The van der Waals surface area contributed by atoms with Crippen molar-refractivity contribution in [2.75, 3.05) is 0 Å². The Balaban J connectivity index is 1.96. The average Bonchev–Trinajstić information content (AvgIpc) is 2.86. The van der Waals surface area contributed by atoms with Gasteiger partial charge in [0.1, 0.15) is 0 Å². The largest absolute Gasteiger partial charge is 0.225 e. The normalized spacial score (nSPS) is 11.8. The maximum Gasteiger partial charge on any atom is 0.210 e. The third kappa shape index (κ3) is 2.59. The summed E-state index contributed by atoms with van der Waals surface area (Å²) in [6, 6.07) is 15.0. The SMILES string of the molecule is Cc1ccc(CS(=O)(=O)c2nc3ccccc3s2)cc1. The van der Waals surface area contributed by atoms with E-state index in [4.69, 9.17) is 0 Å². The quantitative estimate of drug-likeness (QED) is 0.743. The fraction of sp³-hybridized carbons (Fsp3) is 0.133. The first kappa shape index (κ1) is 13.3. The summed E-state index contributed by atoms with van der Waals surface area (Å²) in [6.07, 6.45) is 0. The van der Waals surface area contributed by atoms with Crippen LogP contribution in [0.3, 0.4) is 0 Å². The molecule has 0 radical (unpaired) electrons. The molecular weight excluding hydrogens is 290 g/mol. The van der Waals surface area contributed by atoms with Gasteiger partial charge < -0.3 is 0 Å². The van der Waals surface area contributed by atoms with Gasteiger partial charge in [-0.1, -0.05) is 42.0 Å². The third-order valence-corrected chi connectivity index (χ3v) is 6.20. The molecule has 3 rings (SSSR count). The molecule has 0 saturated carbocycles. The highest BCUT2D eigenvalue weighted by atomic mass is 32.2. The molecule has 0 N–H and O–H groups in total. The van der Waals surface area contributed by atoms with E-state index in [9.17, 15) is 8.42 Å². The number of thiazole rings is 1. The summed E-state index contributed by atoms with van der Waals surface area (Å²) in [7, 11) is -3.38. The number of fused-ring (bicyclic) bond motifs is 1. The summed E-state index contributed by atoms with van der Waals surface area (Å²) in [5.41, 5.74) is 2.64. The maximum atomic E-state index is 12.4. The third-order valence-electron chi connectivity index (χ3n) is 3.02. The second kappa shape index (κ2) is 5.00. The van der Waals surface area contributed by atoms with E-state index in [1.165, 1.54) is 11.3 Å².